The van der Waals surface area contributed by atoms with Crippen molar-refractivity contribution in [3.8, 4) is 0 Å². The highest BCUT2D eigenvalue weighted by Gasteiger charge is 2.20. The van der Waals surface area contributed by atoms with E-state index in [1.807, 2.05) is 24.3 Å². The molecule has 1 saturated heterocycles. The fraction of sp³-hybridized carbons (Fsp3) is 0.611. The summed E-state index contributed by atoms with van der Waals surface area (Å²) in [5, 5.41) is 0. The Labute approximate surface area is 128 Å². The predicted molar refractivity (Wildman–Crippen MR) is 87.4 cm³/mol. The number of Topliss-reactive ketones (excluding diaryl/α,β-unsaturated/α-hetero) is 1. The molecule has 3 heteroatoms. The normalized spacial score (nSPS) is 19.6. The number of piperidine rings is 1. The van der Waals surface area contributed by atoms with E-state index < -0.39 is 0 Å². The van der Waals surface area contributed by atoms with E-state index in [4.69, 9.17) is 5.73 Å². The Morgan fingerprint density at radius 3 is 2.90 bits per heavy atom. The first-order valence-corrected chi connectivity index (χ1v) is 8.31. The lowest BCUT2D eigenvalue weighted by Crippen LogP contribution is -2.39. The lowest BCUT2D eigenvalue weighted by molar-refractivity contribution is 0.0959. The number of rotatable bonds is 7. The molecule has 1 unspecified atom stereocenters. The van der Waals surface area contributed by atoms with Gasteiger partial charge in [0.2, 0.25) is 0 Å². The summed E-state index contributed by atoms with van der Waals surface area (Å²) in [6.07, 6.45) is 6.79. The molecule has 0 amide bonds. The number of carbonyl (C=O) groups is 1. The monoisotopic (exact) mass is 288 g/mol. The summed E-state index contributed by atoms with van der Waals surface area (Å²) >= 11 is 0. The van der Waals surface area contributed by atoms with Crippen LogP contribution in [0.15, 0.2) is 24.3 Å². The highest BCUT2D eigenvalue weighted by atomic mass is 16.1. The van der Waals surface area contributed by atoms with Crippen LogP contribution in [-0.2, 0) is 6.54 Å². The summed E-state index contributed by atoms with van der Waals surface area (Å²) in [7, 11) is 0. The molecule has 1 heterocycles. The van der Waals surface area contributed by atoms with Crippen LogP contribution in [-0.4, -0.2) is 29.8 Å². The van der Waals surface area contributed by atoms with Gasteiger partial charge >= 0.3 is 0 Å². The van der Waals surface area contributed by atoms with E-state index >= 15 is 0 Å². The summed E-state index contributed by atoms with van der Waals surface area (Å²) in [6.45, 7) is 4.96. The van der Waals surface area contributed by atoms with Crippen molar-refractivity contribution in [3.05, 3.63) is 35.4 Å². The Morgan fingerprint density at radius 2 is 2.14 bits per heavy atom. The minimum absolute atomic E-state index is 0.237. The molecule has 1 aromatic rings. The van der Waals surface area contributed by atoms with E-state index in [1.165, 1.54) is 32.2 Å². The van der Waals surface area contributed by atoms with Crippen LogP contribution in [0.5, 0.6) is 0 Å². The molecule has 116 valence electrons. The molecule has 2 rings (SSSR count). The van der Waals surface area contributed by atoms with Crippen molar-refractivity contribution in [2.75, 3.05) is 13.1 Å². The van der Waals surface area contributed by atoms with Crippen molar-refractivity contribution >= 4 is 5.78 Å². The van der Waals surface area contributed by atoms with Gasteiger partial charge in [0.15, 0.2) is 5.78 Å². The molecule has 1 atom stereocenters. The molecule has 0 radical (unpaired) electrons. The number of nitrogens with zero attached hydrogens (tertiary/aromatic N) is 1. The Kier molecular flexibility index (Phi) is 6.40. The van der Waals surface area contributed by atoms with Crippen molar-refractivity contribution in [2.24, 2.45) is 5.73 Å². The molecule has 1 aromatic carbocycles. The fourth-order valence-corrected chi connectivity index (χ4v) is 3.36. The second kappa shape index (κ2) is 8.30. The average Bonchev–Trinajstić information content (AvgIpc) is 2.55. The fourth-order valence-electron chi connectivity index (χ4n) is 3.36. The van der Waals surface area contributed by atoms with Gasteiger partial charge in [0.25, 0.3) is 0 Å². The Hall–Kier alpha value is -1.19. The SMILES string of the molecule is CCC1CCCCN1CCCC(=O)c1ccccc1CN. The van der Waals surface area contributed by atoms with Gasteiger partial charge in [-0.3, -0.25) is 4.79 Å². The third-order valence-electron chi connectivity index (χ3n) is 4.61. The summed E-state index contributed by atoms with van der Waals surface area (Å²) in [6, 6.07) is 8.44. The molecule has 1 aliphatic rings. The number of benzene rings is 1. The smallest absolute Gasteiger partial charge is 0.163 e. The van der Waals surface area contributed by atoms with Crippen LogP contribution in [0.2, 0.25) is 0 Å². The van der Waals surface area contributed by atoms with Gasteiger partial charge in [0, 0.05) is 24.6 Å². The van der Waals surface area contributed by atoms with E-state index in [0.29, 0.717) is 13.0 Å². The van der Waals surface area contributed by atoms with Crippen LogP contribution in [0.1, 0.15) is 61.4 Å². The lowest BCUT2D eigenvalue weighted by atomic mass is 9.98. The van der Waals surface area contributed by atoms with E-state index in [-0.39, 0.29) is 5.78 Å². The standard InChI is InChI=1S/C18H28N2O/c1-2-16-9-5-6-12-20(16)13-7-11-18(21)17-10-4-3-8-15(17)14-19/h3-4,8,10,16H,2,5-7,9,11-14,19H2,1H3. The van der Waals surface area contributed by atoms with Crippen LogP contribution in [0, 0.1) is 0 Å². The third kappa shape index (κ3) is 4.39. The van der Waals surface area contributed by atoms with E-state index in [9.17, 15) is 4.79 Å². The first kappa shape index (κ1) is 16.2. The van der Waals surface area contributed by atoms with Crippen molar-refractivity contribution in [1.82, 2.24) is 4.90 Å². The maximum absolute atomic E-state index is 12.3. The van der Waals surface area contributed by atoms with E-state index in [2.05, 4.69) is 11.8 Å². The number of hydrogen-bond acceptors (Lipinski definition) is 3. The van der Waals surface area contributed by atoms with Gasteiger partial charge in [0.05, 0.1) is 0 Å². The van der Waals surface area contributed by atoms with Gasteiger partial charge in [-0.05, 0) is 44.3 Å². The second-order valence-corrected chi connectivity index (χ2v) is 5.98. The maximum Gasteiger partial charge on any atom is 0.163 e. The van der Waals surface area contributed by atoms with Crippen LogP contribution in [0.25, 0.3) is 0 Å². The number of ketones is 1. The molecule has 0 bridgehead atoms. The van der Waals surface area contributed by atoms with Gasteiger partial charge in [-0.2, -0.15) is 0 Å². The zero-order chi connectivity index (χ0) is 15.1. The molecular formula is C18H28N2O. The number of nitrogens with two attached hydrogens (primary N) is 1. The molecule has 2 N–H and O–H groups in total. The molecule has 0 aliphatic carbocycles. The van der Waals surface area contributed by atoms with Crippen LogP contribution >= 0.6 is 0 Å². The quantitative estimate of drug-likeness (QED) is 0.782. The van der Waals surface area contributed by atoms with Crippen molar-refractivity contribution in [2.45, 2.75) is 58.0 Å². The van der Waals surface area contributed by atoms with Crippen molar-refractivity contribution in [3.63, 3.8) is 0 Å². The number of hydrogen-bond donors (Lipinski definition) is 1. The van der Waals surface area contributed by atoms with Gasteiger partial charge in [0.1, 0.15) is 0 Å². The first-order valence-electron chi connectivity index (χ1n) is 8.31. The highest BCUT2D eigenvalue weighted by Crippen LogP contribution is 2.20. The molecule has 1 aliphatic heterocycles. The van der Waals surface area contributed by atoms with Gasteiger partial charge in [-0.1, -0.05) is 37.6 Å². The predicted octanol–water partition coefficient (Wildman–Crippen LogP) is 3.37. The van der Waals surface area contributed by atoms with Gasteiger partial charge < -0.3 is 10.6 Å². The molecule has 3 nitrogen and oxygen atoms in total. The lowest BCUT2D eigenvalue weighted by Gasteiger charge is -2.35. The first-order chi connectivity index (χ1) is 10.3. The highest BCUT2D eigenvalue weighted by molar-refractivity contribution is 5.97. The average molecular weight is 288 g/mol. The largest absolute Gasteiger partial charge is 0.326 e. The Balaban J connectivity index is 1.84. The van der Waals surface area contributed by atoms with E-state index in [0.717, 1.165) is 30.1 Å². The second-order valence-electron chi connectivity index (χ2n) is 5.98. The minimum atomic E-state index is 0.237. The number of likely N-dealkylation sites (tertiary alicyclic amines) is 1. The van der Waals surface area contributed by atoms with Gasteiger partial charge in [-0.25, -0.2) is 0 Å². The summed E-state index contributed by atoms with van der Waals surface area (Å²) in [5.74, 6) is 0.237. The zero-order valence-corrected chi connectivity index (χ0v) is 13.2. The number of carbonyl (C=O) groups excluding carboxylic acids is 1. The van der Waals surface area contributed by atoms with Crippen molar-refractivity contribution < 1.29 is 4.79 Å². The van der Waals surface area contributed by atoms with Gasteiger partial charge in [-0.15, -0.1) is 0 Å². The molecule has 1 fully saturated rings. The third-order valence-corrected chi connectivity index (χ3v) is 4.61. The summed E-state index contributed by atoms with van der Waals surface area (Å²) in [4.78, 5) is 14.9. The Morgan fingerprint density at radius 1 is 1.33 bits per heavy atom. The van der Waals surface area contributed by atoms with Crippen molar-refractivity contribution in [1.29, 1.82) is 0 Å². The molecular weight excluding hydrogens is 260 g/mol. The Bertz CT molecular complexity index is 458. The summed E-state index contributed by atoms with van der Waals surface area (Å²) < 4.78 is 0. The molecule has 0 spiro atoms. The zero-order valence-electron chi connectivity index (χ0n) is 13.2. The van der Waals surface area contributed by atoms with Crippen LogP contribution in [0.3, 0.4) is 0 Å². The molecule has 21 heavy (non-hydrogen) atoms. The van der Waals surface area contributed by atoms with Crippen LogP contribution < -0.4 is 5.73 Å². The van der Waals surface area contributed by atoms with E-state index in [1.54, 1.807) is 0 Å². The summed E-state index contributed by atoms with van der Waals surface area (Å²) in [5.41, 5.74) is 7.49. The molecule has 0 saturated carbocycles. The maximum atomic E-state index is 12.3. The molecule has 0 aromatic heterocycles. The topological polar surface area (TPSA) is 46.3 Å². The minimum Gasteiger partial charge on any atom is -0.326 e. The van der Waals surface area contributed by atoms with Crippen LogP contribution in [0.4, 0.5) is 0 Å².